The van der Waals surface area contributed by atoms with E-state index in [0.29, 0.717) is 5.92 Å². The minimum atomic E-state index is 0.626. The highest BCUT2D eigenvalue weighted by atomic mass is 35.5. The van der Waals surface area contributed by atoms with E-state index >= 15 is 0 Å². The van der Waals surface area contributed by atoms with Crippen molar-refractivity contribution in [1.29, 1.82) is 0 Å². The Kier molecular flexibility index (Phi) is 3.17. The van der Waals surface area contributed by atoms with E-state index in [1.54, 1.807) is 0 Å². The van der Waals surface area contributed by atoms with Crippen LogP contribution in [-0.2, 0) is 0 Å². The SMILES string of the molecule is Cc1ccc(Cl)c(N2CCC(CN)C2)c1. The number of anilines is 1. The summed E-state index contributed by atoms with van der Waals surface area (Å²) in [4.78, 5) is 2.34. The molecule has 2 nitrogen and oxygen atoms in total. The summed E-state index contributed by atoms with van der Waals surface area (Å²) < 4.78 is 0. The molecular weight excluding hydrogens is 208 g/mol. The summed E-state index contributed by atoms with van der Waals surface area (Å²) in [7, 11) is 0. The van der Waals surface area contributed by atoms with Crippen LogP contribution in [0.2, 0.25) is 5.02 Å². The molecule has 1 heterocycles. The second-order valence-electron chi connectivity index (χ2n) is 4.29. The maximum absolute atomic E-state index is 6.19. The van der Waals surface area contributed by atoms with Crippen LogP contribution in [0.5, 0.6) is 0 Å². The fraction of sp³-hybridized carbons (Fsp3) is 0.500. The van der Waals surface area contributed by atoms with E-state index in [1.165, 1.54) is 12.0 Å². The Bertz CT molecular complexity index is 351. The molecule has 0 aromatic heterocycles. The van der Waals surface area contributed by atoms with Crippen LogP contribution in [-0.4, -0.2) is 19.6 Å². The molecule has 1 aliphatic heterocycles. The minimum absolute atomic E-state index is 0.626. The van der Waals surface area contributed by atoms with Crippen LogP contribution in [0.4, 0.5) is 5.69 Å². The summed E-state index contributed by atoms with van der Waals surface area (Å²) >= 11 is 6.19. The van der Waals surface area contributed by atoms with Gasteiger partial charge in [-0.1, -0.05) is 17.7 Å². The lowest BCUT2D eigenvalue weighted by Gasteiger charge is -2.20. The zero-order valence-corrected chi connectivity index (χ0v) is 9.80. The lowest BCUT2D eigenvalue weighted by molar-refractivity contribution is 0.602. The van der Waals surface area contributed by atoms with Gasteiger partial charge >= 0.3 is 0 Å². The molecule has 1 saturated heterocycles. The molecule has 1 aliphatic rings. The molecule has 1 aromatic rings. The van der Waals surface area contributed by atoms with Crippen LogP contribution in [0.15, 0.2) is 18.2 Å². The van der Waals surface area contributed by atoms with Crippen molar-refractivity contribution in [1.82, 2.24) is 0 Å². The second kappa shape index (κ2) is 4.42. The number of rotatable bonds is 2. The minimum Gasteiger partial charge on any atom is -0.370 e. The number of nitrogens with zero attached hydrogens (tertiary/aromatic N) is 1. The van der Waals surface area contributed by atoms with Crippen LogP contribution in [0.1, 0.15) is 12.0 Å². The molecule has 2 rings (SSSR count). The van der Waals surface area contributed by atoms with Crippen molar-refractivity contribution in [3.63, 3.8) is 0 Å². The third kappa shape index (κ3) is 2.27. The fourth-order valence-corrected chi connectivity index (χ4v) is 2.35. The molecule has 15 heavy (non-hydrogen) atoms. The highest BCUT2D eigenvalue weighted by molar-refractivity contribution is 6.33. The monoisotopic (exact) mass is 224 g/mol. The standard InChI is InChI=1S/C12H17ClN2/c1-9-2-3-11(13)12(6-9)15-5-4-10(7-14)8-15/h2-3,6,10H,4-5,7-8,14H2,1H3. The Morgan fingerprint density at radius 3 is 3.00 bits per heavy atom. The predicted molar refractivity (Wildman–Crippen MR) is 65.6 cm³/mol. The van der Waals surface area contributed by atoms with Gasteiger partial charge in [-0.15, -0.1) is 0 Å². The highest BCUT2D eigenvalue weighted by Gasteiger charge is 2.22. The first-order valence-electron chi connectivity index (χ1n) is 5.42. The first-order valence-corrected chi connectivity index (χ1v) is 5.79. The van der Waals surface area contributed by atoms with Crippen LogP contribution >= 0.6 is 11.6 Å². The van der Waals surface area contributed by atoms with E-state index in [-0.39, 0.29) is 0 Å². The van der Waals surface area contributed by atoms with Crippen LogP contribution in [0.25, 0.3) is 0 Å². The third-order valence-corrected chi connectivity index (χ3v) is 3.38. The Labute approximate surface area is 96.0 Å². The maximum atomic E-state index is 6.19. The topological polar surface area (TPSA) is 29.3 Å². The van der Waals surface area contributed by atoms with Gasteiger partial charge < -0.3 is 10.6 Å². The quantitative estimate of drug-likeness (QED) is 0.836. The van der Waals surface area contributed by atoms with Crippen molar-refractivity contribution in [2.24, 2.45) is 11.7 Å². The molecular formula is C12H17ClN2. The molecule has 0 amide bonds. The van der Waals surface area contributed by atoms with Crippen LogP contribution in [0, 0.1) is 12.8 Å². The number of benzene rings is 1. The molecule has 0 spiro atoms. The molecule has 1 atom stereocenters. The first kappa shape index (κ1) is 10.8. The van der Waals surface area contributed by atoms with Crippen molar-refractivity contribution >= 4 is 17.3 Å². The van der Waals surface area contributed by atoms with Crippen molar-refractivity contribution in [3.8, 4) is 0 Å². The van der Waals surface area contributed by atoms with Crippen molar-refractivity contribution in [2.45, 2.75) is 13.3 Å². The van der Waals surface area contributed by atoms with Gasteiger partial charge in [0, 0.05) is 13.1 Å². The number of nitrogens with two attached hydrogens (primary N) is 1. The van der Waals surface area contributed by atoms with E-state index in [9.17, 15) is 0 Å². The normalized spacial score (nSPS) is 21.0. The Morgan fingerprint density at radius 2 is 2.33 bits per heavy atom. The molecule has 0 bridgehead atoms. The van der Waals surface area contributed by atoms with E-state index in [1.807, 2.05) is 12.1 Å². The largest absolute Gasteiger partial charge is 0.370 e. The molecule has 1 fully saturated rings. The van der Waals surface area contributed by atoms with Gasteiger partial charge in [-0.3, -0.25) is 0 Å². The van der Waals surface area contributed by atoms with E-state index in [2.05, 4.69) is 17.9 Å². The van der Waals surface area contributed by atoms with Gasteiger partial charge in [0.1, 0.15) is 0 Å². The summed E-state index contributed by atoms with van der Waals surface area (Å²) in [5.74, 6) is 0.626. The summed E-state index contributed by atoms with van der Waals surface area (Å²) in [5, 5.41) is 0.846. The van der Waals surface area contributed by atoms with Gasteiger partial charge in [0.25, 0.3) is 0 Å². The van der Waals surface area contributed by atoms with E-state index < -0.39 is 0 Å². The zero-order chi connectivity index (χ0) is 10.8. The van der Waals surface area contributed by atoms with Crippen molar-refractivity contribution in [2.75, 3.05) is 24.5 Å². The average Bonchev–Trinajstić information content (AvgIpc) is 2.70. The van der Waals surface area contributed by atoms with Gasteiger partial charge in [-0.05, 0) is 43.5 Å². The number of halogens is 1. The van der Waals surface area contributed by atoms with Gasteiger partial charge in [0.2, 0.25) is 0 Å². The number of hydrogen-bond acceptors (Lipinski definition) is 2. The van der Waals surface area contributed by atoms with E-state index in [4.69, 9.17) is 17.3 Å². The molecule has 1 aromatic carbocycles. The highest BCUT2D eigenvalue weighted by Crippen LogP contribution is 2.30. The average molecular weight is 225 g/mol. The van der Waals surface area contributed by atoms with Crippen molar-refractivity contribution in [3.05, 3.63) is 28.8 Å². The van der Waals surface area contributed by atoms with Gasteiger partial charge in [-0.25, -0.2) is 0 Å². The van der Waals surface area contributed by atoms with Crippen molar-refractivity contribution < 1.29 is 0 Å². The molecule has 3 heteroatoms. The summed E-state index contributed by atoms with van der Waals surface area (Å²) in [6.07, 6.45) is 1.18. The van der Waals surface area contributed by atoms with Gasteiger partial charge in [-0.2, -0.15) is 0 Å². The van der Waals surface area contributed by atoms with Crippen LogP contribution in [0.3, 0.4) is 0 Å². The second-order valence-corrected chi connectivity index (χ2v) is 4.70. The lowest BCUT2D eigenvalue weighted by Crippen LogP contribution is -2.22. The Hall–Kier alpha value is -0.730. The van der Waals surface area contributed by atoms with Gasteiger partial charge in [0.05, 0.1) is 10.7 Å². The molecule has 0 radical (unpaired) electrons. The first-order chi connectivity index (χ1) is 7.20. The fourth-order valence-electron chi connectivity index (χ4n) is 2.11. The third-order valence-electron chi connectivity index (χ3n) is 3.06. The van der Waals surface area contributed by atoms with Crippen LogP contribution < -0.4 is 10.6 Å². The summed E-state index contributed by atoms with van der Waals surface area (Å²) in [6.45, 7) is 4.99. The predicted octanol–water partition coefficient (Wildman–Crippen LogP) is 2.43. The summed E-state index contributed by atoms with van der Waals surface area (Å²) in [5.41, 5.74) is 8.10. The Morgan fingerprint density at radius 1 is 1.53 bits per heavy atom. The number of aryl methyl sites for hydroxylation is 1. The molecule has 82 valence electrons. The van der Waals surface area contributed by atoms with E-state index in [0.717, 1.165) is 30.3 Å². The number of hydrogen-bond donors (Lipinski definition) is 1. The zero-order valence-electron chi connectivity index (χ0n) is 9.04. The molecule has 0 aliphatic carbocycles. The molecule has 1 unspecified atom stereocenters. The molecule has 2 N–H and O–H groups in total. The maximum Gasteiger partial charge on any atom is 0.0639 e. The molecule has 0 saturated carbocycles. The summed E-state index contributed by atoms with van der Waals surface area (Å²) in [6, 6.07) is 6.17. The Balaban J connectivity index is 2.19. The van der Waals surface area contributed by atoms with Gasteiger partial charge in [0.15, 0.2) is 0 Å². The lowest BCUT2D eigenvalue weighted by atomic mass is 10.1. The smallest absolute Gasteiger partial charge is 0.0639 e.